The van der Waals surface area contributed by atoms with Crippen LogP contribution in [0.25, 0.3) is 0 Å². The molecule has 0 spiro atoms. The third-order valence-electron chi connectivity index (χ3n) is 2.71. The van der Waals surface area contributed by atoms with Gasteiger partial charge in [-0.05, 0) is 32.4 Å². The molecule has 4 nitrogen and oxygen atoms in total. The number of carbonyl (C=O) groups is 2. The lowest BCUT2D eigenvalue weighted by atomic mass is 9.94. The fraction of sp³-hybridized carbons (Fsp3) is 0.467. The van der Waals surface area contributed by atoms with E-state index in [-0.39, 0.29) is 5.56 Å². The van der Waals surface area contributed by atoms with Crippen LogP contribution >= 0.6 is 0 Å². The summed E-state index contributed by atoms with van der Waals surface area (Å²) in [4.78, 5) is 23.0. The van der Waals surface area contributed by atoms with Crippen molar-refractivity contribution in [3.8, 4) is 0 Å². The molecule has 7 heteroatoms. The average Bonchev–Trinajstić information content (AvgIpc) is 2.32. The van der Waals surface area contributed by atoms with Crippen LogP contribution in [0.5, 0.6) is 0 Å². The molecule has 0 aliphatic carbocycles. The van der Waals surface area contributed by atoms with E-state index in [1.165, 1.54) is 6.07 Å². The number of halogens is 3. The molecule has 0 aliphatic rings. The lowest BCUT2D eigenvalue weighted by Crippen LogP contribution is -2.26. The summed E-state index contributed by atoms with van der Waals surface area (Å²) in [7, 11) is 0. The number of rotatable bonds is 4. The van der Waals surface area contributed by atoms with Gasteiger partial charge in [0.05, 0.1) is 17.9 Å². The van der Waals surface area contributed by atoms with Gasteiger partial charge in [0, 0.05) is 0 Å². The smallest absolute Gasteiger partial charge is 0.416 e. The van der Waals surface area contributed by atoms with Crippen molar-refractivity contribution in [3.63, 3.8) is 0 Å². The molecular weight excluding hydrogens is 301 g/mol. The largest absolute Gasteiger partial charge is 0.481 e. The minimum atomic E-state index is -4.58. The SMILES string of the molecule is CC(C)(C)OC(=O)CC(C(=O)O)c1cccc(C(F)(F)F)c1. The molecule has 1 unspecified atom stereocenters. The highest BCUT2D eigenvalue weighted by Crippen LogP contribution is 2.32. The number of alkyl halides is 3. The Morgan fingerprint density at radius 1 is 1.23 bits per heavy atom. The summed E-state index contributed by atoms with van der Waals surface area (Å²) in [6.45, 7) is 4.85. The zero-order valence-corrected chi connectivity index (χ0v) is 12.4. The summed E-state index contributed by atoms with van der Waals surface area (Å²) in [5.74, 6) is -3.56. The molecule has 0 fully saturated rings. The predicted octanol–water partition coefficient (Wildman–Crippen LogP) is 3.61. The van der Waals surface area contributed by atoms with Gasteiger partial charge < -0.3 is 9.84 Å². The number of aliphatic carboxylic acids is 1. The van der Waals surface area contributed by atoms with Gasteiger partial charge in [0.1, 0.15) is 5.60 Å². The van der Waals surface area contributed by atoms with Crippen molar-refractivity contribution in [1.82, 2.24) is 0 Å². The number of carboxylic acids is 1. The molecule has 0 aromatic heterocycles. The Balaban J connectivity index is 3.02. The van der Waals surface area contributed by atoms with E-state index in [1.54, 1.807) is 20.8 Å². The van der Waals surface area contributed by atoms with E-state index in [9.17, 15) is 27.9 Å². The first-order valence-corrected chi connectivity index (χ1v) is 6.52. The Bertz CT molecular complexity index is 559. The monoisotopic (exact) mass is 318 g/mol. The molecule has 122 valence electrons. The third kappa shape index (κ3) is 5.38. The van der Waals surface area contributed by atoms with Crippen molar-refractivity contribution in [2.24, 2.45) is 0 Å². The molecule has 22 heavy (non-hydrogen) atoms. The molecule has 1 N–H and O–H groups in total. The van der Waals surface area contributed by atoms with Gasteiger partial charge in [0.2, 0.25) is 0 Å². The van der Waals surface area contributed by atoms with Crippen molar-refractivity contribution in [2.45, 2.75) is 44.9 Å². The third-order valence-corrected chi connectivity index (χ3v) is 2.71. The molecule has 1 aromatic rings. The van der Waals surface area contributed by atoms with E-state index in [1.807, 2.05) is 0 Å². The van der Waals surface area contributed by atoms with E-state index in [4.69, 9.17) is 4.74 Å². The zero-order chi connectivity index (χ0) is 17.1. The van der Waals surface area contributed by atoms with Gasteiger partial charge in [0.25, 0.3) is 0 Å². The Labute approximate surface area is 125 Å². The first-order valence-electron chi connectivity index (χ1n) is 6.52. The average molecular weight is 318 g/mol. The van der Waals surface area contributed by atoms with E-state index >= 15 is 0 Å². The summed E-state index contributed by atoms with van der Waals surface area (Å²) in [5, 5.41) is 9.18. The van der Waals surface area contributed by atoms with Crippen molar-refractivity contribution >= 4 is 11.9 Å². The van der Waals surface area contributed by atoms with Crippen LogP contribution in [0.15, 0.2) is 24.3 Å². The molecule has 0 saturated carbocycles. The number of carbonyl (C=O) groups excluding carboxylic acids is 1. The van der Waals surface area contributed by atoms with Crippen LogP contribution in [0.4, 0.5) is 13.2 Å². The summed E-state index contributed by atoms with van der Waals surface area (Å²) < 4.78 is 43.0. The molecule has 0 radical (unpaired) electrons. The van der Waals surface area contributed by atoms with Crippen molar-refractivity contribution in [3.05, 3.63) is 35.4 Å². The van der Waals surface area contributed by atoms with E-state index in [2.05, 4.69) is 0 Å². The molecule has 0 aliphatic heterocycles. The minimum Gasteiger partial charge on any atom is -0.481 e. The number of hydrogen-bond donors (Lipinski definition) is 1. The van der Waals surface area contributed by atoms with E-state index in [0.29, 0.717) is 0 Å². The van der Waals surface area contributed by atoms with Crippen LogP contribution < -0.4 is 0 Å². The maximum Gasteiger partial charge on any atom is 0.416 e. The van der Waals surface area contributed by atoms with Crippen LogP contribution in [0.3, 0.4) is 0 Å². The van der Waals surface area contributed by atoms with Gasteiger partial charge in [-0.15, -0.1) is 0 Å². The van der Waals surface area contributed by atoms with Crippen molar-refractivity contribution in [2.75, 3.05) is 0 Å². The van der Waals surface area contributed by atoms with E-state index < -0.39 is 41.6 Å². The fourth-order valence-electron chi connectivity index (χ4n) is 1.83. The standard InChI is InChI=1S/C15H17F3O4/c1-14(2,3)22-12(19)8-11(13(20)21)9-5-4-6-10(7-9)15(16,17)18/h4-7,11H,8H2,1-3H3,(H,20,21). The van der Waals surface area contributed by atoms with Crippen LogP contribution in [0.1, 0.15) is 44.2 Å². The molecule has 1 aromatic carbocycles. The van der Waals surface area contributed by atoms with Crippen LogP contribution in [0, 0.1) is 0 Å². The molecule has 1 rings (SSSR count). The maximum absolute atomic E-state index is 12.7. The molecule has 0 saturated heterocycles. The normalized spacial score (nSPS) is 13.5. The lowest BCUT2D eigenvalue weighted by Gasteiger charge is -2.21. The van der Waals surface area contributed by atoms with Crippen molar-refractivity contribution < 1.29 is 32.6 Å². The van der Waals surface area contributed by atoms with Crippen LogP contribution in [-0.2, 0) is 20.5 Å². The molecule has 0 heterocycles. The van der Waals surface area contributed by atoms with Gasteiger partial charge in [-0.25, -0.2) is 0 Å². The number of benzene rings is 1. The number of carboxylic acid groups (broad SMARTS) is 1. The second-order valence-electron chi connectivity index (χ2n) is 5.80. The summed E-state index contributed by atoms with van der Waals surface area (Å²) in [6, 6.07) is 3.95. The quantitative estimate of drug-likeness (QED) is 0.862. The van der Waals surface area contributed by atoms with Gasteiger partial charge >= 0.3 is 18.1 Å². The first-order chi connectivity index (χ1) is 9.90. The van der Waals surface area contributed by atoms with Crippen molar-refractivity contribution in [1.29, 1.82) is 0 Å². The Hall–Kier alpha value is -2.05. The highest BCUT2D eigenvalue weighted by molar-refractivity contribution is 5.83. The topological polar surface area (TPSA) is 63.6 Å². The van der Waals surface area contributed by atoms with Gasteiger partial charge in [-0.2, -0.15) is 13.2 Å². The maximum atomic E-state index is 12.7. The van der Waals surface area contributed by atoms with Gasteiger partial charge in [-0.3, -0.25) is 9.59 Å². The lowest BCUT2D eigenvalue weighted by molar-refractivity contribution is -0.158. The Kier molecular flexibility index (Phi) is 5.22. The fourth-order valence-corrected chi connectivity index (χ4v) is 1.83. The second kappa shape index (κ2) is 6.37. The molecule has 1 atom stereocenters. The van der Waals surface area contributed by atoms with E-state index in [0.717, 1.165) is 18.2 Å². The molecular formula is C15H17F3O4. The number of ether oxygens (including phenoxy) is 1. The highest BCUT2D eigenvalue weighted by atomic mass is 19.4. The minimum absolute atomic E-state index is 0.0896. The molecule has 0 amide bonds. The predicted molar refractivity (Wildman–Crippen MR) is 72.3 cm³/mol. The highest BCUT2D eigenvalue weighted by Gasteiger charge is 2.33. The summed E-state index contributed by atoms with van der Waals surface area (Å²) in [5.41, 5.74) is -1.85. The summed E-state index contributed by atoms with van der Waals surface area (Å²) in [6.07, 6.45) is -5.11. The van der Waals surface area contributed by atoms with Crippen LogP contribution in [-0.4, -0.2) is 22.6 Å². The number of esters is 1. The van der Waals surface area contributed by atoms with Crippen LogP contribution in [0.2, 0.25) is 0 Å². The Morgan fingerprint density at radius 2 is 1.82 bits per heavy atom. The Morgan fingerprint density at radius 3 is 2.27 bits per heavy atom. The summed E-state index contributed by atoms with van der Waals surface area (Å²) >= 11 is 0. The first kappa shape index (κ1) is 18.0. The number of hydrogen-bond acceptors (Lipinski definition) is 3. The van der Waals surface area contributed by atoms with Gasteiger partial charge in [0.15, 0.2) is 0 Å². The van der Waals surface area contributed by atoms with Gasteiger partial charge in [-0.1, -0.05) is 18.2 Å². The molecule has 0 bridgehead atoms. The zero-order valence-electron chi connectivity index (χ0n) is 12.4. The second-order valence-corrected chi connectivity index (χ2v) is 5.80.